The van der Waals surface area contributed by atoms with E-state index in [2.05, 4.69) is 0 Å². The molecule has 0 saturated carbocycles. The molecule has 2 fully saturated rings. The third kappa shape index (κ3) is 4.05. The lowest BCUT2D eigenvalue weighted by molar-refractivity contribution is 0.104. The average molecular weight is 455 g/mol. The van der Waals surface area contributed by atoms with Gasteiger partial charge in [0.25, 0.3) is 0 Å². The van der Waals surface area contributed by atoms with Gasteiger partial charge in [0.05, 0.1) is 18.8 Å². The van der Waals surface area contributed by atoms with Crippen molar-refractivity contribution >= 4 is 23.6 Å². The Balaban J connectivity index is 1.51. The van der Waals surface area contributed by atoms with Crippen LogP contribution in [0.4, 0.5) is 21.0 Å². The number of aryl methyl sites for hydroxylation is 1. The van der Waals surface area contributed by atoms with Gasteiger partial charge in [-0.15, -0.1) is 0 Å². The zero-order valence-corrected chi connectivity index (χ0v) is 19.9. The van der Waals surface area contributed by atoms with Crippen molar-refractivity contribution in [1.29, 1.82) is 0 Å². The summed E-state index contributed by atoms with van der Waals surface area (Å²) in [7, 11) is 0. The van der Waals surface area contributed by atoms with Crippen LogP contribution in [0.5, 0.6) is 11.5 Å². The predicted molar refractivity (Wildman–Crippen MR) is 125 cm³/mol. The van der Waals surface area contributed by atoms with E-state index in [1.165, 1.54) is 0 Å². The number of benzene rings is 2. The Hall–Kier alpha value is -3.42. The number of ether oxygens (including phenoxy) is 3. The Bertz CT molecular complexity index is 1100. The van der Waals surface area contributed by atoms with Crippen LogP contribution in [0.25, 0.3) is 0 Å². The maximum absolute atomic E-state index is 12.7. The minimum atomic E-state index is -0.453. The molecule has 0 aromatic heterocycles. The van der Waals surface area contributed by atoms with Gasteiger partial charge in [-0.3, -0.25) is 9.80 Å². The predicted octanol–water partition coefficient (Wildman–Crippen LogP) is 4.68. The lowest BCUT2D eigenvalue weighted by Gasteiger charge is -2.20. The van der Waals surface area contributed by atoms with Crippen LogP contribution < -0.4 is 14.5 Å². The number of phenols is 1. The van der Waals surface area contributed by atoms with E-state index >= 15 is 0 Å². The van der Waals surface area contributed by atoms with Gasteiger partial charge in [0.1, 0.15) is 24.2 Å². The van der Waals surface area contributed by atoms with Gasteiger partial charge in [0, 0.05) is 5.69 Å². The molecule has 2 unspecified atom stereocenters. The van der Waals surface area contributed by atoms with Gasteiger partial charge >= 0.3 is 12.2 Å². The quantitative estimate of drug-likeness (QED) is 0.706. The molecule has 0 spiro atoms. The number of amides is 2. The highest BCUT2D eigenvalue weighted by molar-refractivity contribution is 5.94. The lowest BCUT2D eigenvalue weighted by Crippen LogP contribution is -2.28. The molecule has 8 nitrogen and oxygen atoms in total. The molecule has 2 amide bonds. The monoisotopic (exact) mass is 454 g/mol. The Labute approximate surface area is 193 Å². The number of anilines is 2. The van der Waals surface area contributed by atoms with E-state index in [1.807, 2.05) is 59.7 Å². The van der Waals surface area contributed by atoms with Crippen molar-refractivity contribution in [2.45, 2.75) is 53.8 Å². The van der Waals surface area contributed by atoms with Crippen molar-refractivity contribution < 1.29 is 28.9 Å². The van der Waals surface area contributed by atoms with Gasteiger partial charge in [-0.05, 0) is 81.5 Å². The highest BCUT2D eigenvalue weighted by atomic mass is 16.6. The minimum Gasteiger partial charge on any atom is -0.507 e. The number of hydrogen-bond acceptors (Lipinski definition) is 6. The zero-order valence-electron chi connectivity index (χ0n) is 19.9. The highest BCUT2D eigenvalue weighted by Crippen LogP contribution is 2.37. The third-order valence-corrected chi connectivity index (χ3v) is 6.56. The standard InChI is InChI=1S/C25H30N2O6/c1-13-7-8-19(26-10-14(2)32-24(26)29)9-21(13)27-11-20(33-25(27)30)12-31-23-17(5)15(3)22(28)16(4)18(23)6/h7-9,14,20,28H,10-12H2,1-6H3. The van der Waals surface area contributed by atoms with Gasteiger partial charge in [-0.2, -0.15) is 0 Å². The molecule has 1 N–H and O–H groups in total. The van der Waals surface area contributed by atoms with Crippen molar-refractivity contribution in [2.24, 2.45) is 0 Å². The van der Waals surface area contributed by atoms with E-state index < -0.39 is 18.3 Å². The Kier molecular flexibility index (Phi) is 5.86. The normalized spacial score (nSPS) is 20.3. The van der Waals surface area contributed by atoms with Crippen LogP contribution in [0, 0.1) is 34.6 Å². The summed E-state index contributed by atoms with van der Waals surface area (Å²) < 4.78 is 16.9. The van der Waals surface area contributed by atoms with E-state index in [0.717, 1.165) is 27.8 Å². The molecular weight excluding hydrogens is 424 g/mol. The fourth-order valence-electron chi connectivity index (χ4n) is 4.33. The van der Waals surface area contributed by atoms with Gasteiger partial charge in [-0.1, -0.05) is 6.07 Å². The van der Waals surface area contributed by atoms with Crippen LogP contribution in [-0.2, 0) is 9.47 Å². The Morgan fingerprint density at radius 2 is 1.58 bits per heavy atom. The van der Waals surface area contributed by atoms with Gasteiger partial charge in [0.15, 0.2) is 6.10 Å². The summed E-state index contributed by atoms with van der Waals surface area (Å²) in [5.41, 5.74) is 5.56. The first kappa shape index (κ1) is 22.8. The molecule has 176 valence electrons. The van der Waals surface area contributed by atoms with Crippen molar-refractivity contribution in [2.75, 3.05) is 29.5 Å². The molecule has 0 aliphatic carbocycles. The second-order valence-electron chi connectivity index (χ2n) is 8.88. The summed E-state index contributed by atoms with van der Waals surface area (Å²) in [6, 6.07) is 5.55. The molecular formula is C25H30N2O6. The van der Waals surface area contributed by atoms with E-state index in [1.54, 1.807) is 9.80 Å². The third-order valence-electron chi connectivity index (χ3n) is 6.56. The molecule has 2 saturated heterocycles. The fraction of sp³-hybridized carbons (Fsp3) is 0.440. The molecule has 2 aromatic carbocycles. The van der Waals surface area contributed by atoms with Crippen molar-refractivity contribution in [3.8, 4) is 11.5 Å². The van der Waals surface area contributed by atoms with Crippen LogP contribution in [0.1, 0.15) is 34.7 Å². The van der Waals surface area contributed by atoms with Crippen LogP contribution in [0.3, 0.4) is 0 Å². The average Bonchev–Trinajstić information content (AvgIpc) is 3.32. The first-order chi connectivity index (χ1) is 15.6. The zero-order chi connectivity index (χ0) is 24.0. The molecule has 0 radical (unpaired) electrons. The molecule has 8 heteroatoms. The van der Waals surface area contributed by atoms with Crippen LogP contribution >= 0.6 is 0 Å². The number of hydrogen-bond donors (Lipinski definition) is 1. The molecule has 2 aliphatic heterocycles. The van der Waals surface area contributed by atoms with E-state index in [4.69, 9.17) is 14.2 Å². The smallest absolute Gasteiger partial charge is 0.414 e. The van der Waals surface area contributed by atoms with Gasteiger partial charge in [-0.25, -0.2) is 9.59 Å². The molecule has 33 heavy (non-hydrogen) atoms. The summed E-state index contributed by atoms with van der Waals surface area (Å²) >= 11 is 0. The molecule has 2 aliphatic rings. The first-order valence-electron chi connectivity index (χ1n) is 11.1. The Morgan fingerprint density at radius 1 is 0.939 bits per heavy atom. The summed E-state index contributed by atoms with van der Waals surface area (Å²) in [5.74, 6) is 0.986. The van der Waals surface area contributed by atoms with Gasteiger partial charge in [0.2, 0.25) is 0 Å². The van der Waals surface area contributed by atoms with Gasteiger partial charge < -0.3 is 19.3 Å². The number of carbonyl (C=O) groups excluding carboxylic acids is 2. The minimum absolute atomic E-state index is 0.181. The molecule has 0 bridgehead atoms. The van der Waals surface area contributed by atoms with Crippen molar-refractivity contribution in [3.63, 3.8) is 0 Å². The summed E-state index contributed by atoms with van der Waals surface area (Å²) in [4.78, 5) is 28.0. The molecule has 2 atom stereocenters. The van der Waals surface area contributed by atoms with Crippen LogP contribution in [0.2, 0.25) is 0 Å². The molecule has 2 heterocycles. The number of cyclic esters (lactones) is 2. The maximum atomic E-state index is 12.7. The number of rotatable bonds is 5. The number of nitrogens with zero attached hydrogens (tertiary/aromatic N) is 2. The largest absolute Gasteiger partial charge is 0.507 e. The highest BCUT2D eigenvalue weighted by Gasteiger charge is 2.35. The summed E-state index contributed by atoms with van der Waals surface area (Å²) in [6.07, 6.45) is -1.48. The first-order valence-corrected chi connectivity index (χ1v) is 11.1. The Morgan fingerprint density at radius 3 is 2.18 bits per heavy atom. The number of phenolic OH excluding ortho intramolecular Hbond substituents is 1. The van der Waals surface area contributed by atoms with Crippen LogP contribution in [0.15, 0.2) is 18.2 Å². The van der Waals surface area contributed by atoms with E-state index in [9.17, 15) is 14.7 Å². The van der Waals surface area contributed by atoms with Crippen molar-refractivity contribution in [3.05, 3.63) is 46.0 Å². The topological polar surface area (TPSA) is 88.5 Å². The fourth-order valence-corrected chi connectivity index (χ4v) is 4.33. The summed E-state index contributed by atoms with van der Waals surface area (Å²) in [6.45, 7) is 12.3. The molecule has 4 rings (SSSR count). The maximum Gasteiger partial charge on any atom is 0.414 e. The second kappa shape index (κ2) is 8.50. The van der Waals surface area contributed by atoms with Crippen LogP contribution in [-0.4, -0.2) is 49.2 Å². The van der Waals surface area contributed by atoms with E-state index in [0.29, 0.717) is 30.2 Å². The van der Waals surface area contributed by atoms with Crippen molar-refractivity contribution in [1.82, 2.24) is 0 Å². The lowest BCUT2D eigenvalue weighted by atomic mass is 9.98. The second-order valence-corrected chi connectivity index (χ2v) is 8.88. The number of aromatic hydroxyl groups is 1. The summed E-state index contributed by atoms with van der Waals surface area (Å²) in [5, 5.41) is 10.3. The number of carbonyl (C=O) groups is 2. The molecule has 2 aromatic rings. The van der Waals surface area contributed by atoms with E-state index in [-0.39, 0.29) is 18.5 Å². The SMILES string of the molecule is Cc1ccc(N2CC(C)OC2=O)cc1N1CC(COc2c(C)c(C)c(O)c(C)c2C)OC1=O.